The van der Waals surface area contributed by atoms with Crippen molar-refractivity contribution < 1.29 is 0 Å². The summed E-state index contributed by atoms with van der Waals surface area (Å²) in [7, 11) is 0. The number of hydrogen-bond donors (Lipinski definition) is 2. The van der Waals surface area contributed by atoms with Gasteiger partial charge < -0.3 is 11.1 Å². The molecule has 11 heavy (non-hydrogen) atoms. The molecule has 0 atom stereocenters. The molecule has 0 aliphatic carbocycles. The molecule has 0 aromatic carbocycles. The summed E-state index contributed by atoms with van der Waals surface area (Å²) < 4.78 is 0.830. The Bertz CT molecular complexity index is 249. The quantitative estimate of drug-likeness (QED) is 0.793. The van der Waals surface area contributed by atoms with E-state index in [2.05, 4.69) is 26.2 Å². The highest BCUT2D eigenvalue weighted by molar-refractivity contribution is 9.10. The van der Waals surface area contributed by atoms with Crippen LogP contribution in [0.5, 0.6) is 0 Å². The molecule has 3 nitrogen and oxygen atoms in total. The standard InChI is InChI=1S/C7H10BrN3/c1-2-10-5-3-6(8)7(9)11-4-5/h3-4,10H,2H2,1H3,(H2,9,11). The maximum atomic E-state index is 5.50. The average Bonchev–Trinajstić information content (AvgIpc) is 1.98. The lowest BCUT2D eigenvalue weighted by Gasteiger charge is -2.03. The van der Waals surface area contributed by atoms with Gasteiger partial charge in [0.2, 0.25) is 0 Å². The van der Waals surface area contributed by atoms with Crippen molar-refractivity contribution in [1.29, 1.82) is 0 Å². The van der Waals surface area contributed by atoms with Crippen molar-refractivity contribution in [1.82, 2.24) is 4.98 Å². The third kappa shape index (κ3) is 2.08. The summed E-state index contributed by atoms with van der Waals surface area (Å²) in [6.45, 7) is 2.92. The van der Waals surface area contributed by atoms with Gasteiger partial charge >= 0.3 is 0 Å². The van der Waals surface area contributed by atoms with Gasteiger partial charge in [0.25, 0.3) is 0 Å². The van der Waals surface area contributed by atoms with Crippen LogP contribution in [-0.2, 0) is 0 Å². The average molecular weight is 216 g/mol. The van der Waals surface area contributed by atoms with Crippen LogP contribution in [0.15, 0.2) is 16.7 Å². The van der Waals surface area contributed by atoms with E-state index in [-0.39, 0.29) is 0 Å². The Hall–Kier alpha value is -0.770. The lowest BCUT2D eigenvalue weighted by atomic mass is 10.4. The van der Waals surface area contributed by atoms with Gasteiger partial charge in [-0.2, -0.15) is 0 Å². The molecule has 4 heteroatoms. The number of rotatable bonds is 2. The first kappa shape index (κ1) is 8.33. The molecule has 0 bridgehead atoms. The lowest BCUT2D eigenvalue weighted by Crippen LogP contribution is -1.98. The fraction of sp³-hybridized carbons (Fsp3) is 0.286. The van der Waals surface area contributed by atoms with Gasteiger partial charge in [-0.25, -0.2) is 4.98 Å². The van der Waals surface area contributed by atoms with E-state index in [1.807, 2.05) is 13.0 Å². The van der Waals surface area contributed by atoms with Crippen LogP contribution in [0.3, 0.4) is 0 Å². The van der Waals surface area contributed by atoms with Crippen molar-refractivity contribution in [3.63, 3.8) is 0 Å². The normalized spacial score (nSPS) is 9.64. The third-order valence-electron chi connectivity index (χ3n) is 1.25. The number of anilines is 2. The van der Waals surface area contributed by atoms with Crippen molar-refractivity contribution in [2.45, 2.75) is 6.92 Å². The molecule has 0 fully saturated rings. The van der Waals surface area contributed by atoms with Crippen LogP contribution in [0, 0.1) is 0 Å². The van der Waals surface area contributed by atoms with Gasteiger partial charge in [-0.1, -0.05) is 0 Å². The minimum atomic E-state index is 0.520. The van der Waals surface area contributed by atoms with E-state index in [0.29, 0.717) is 5.82 Å². The van der Waals surface area contributed by atoms with Crippen molar-refractivity contribution >= 4 is 27.4 Å². The van der Waals surface area contributed by atoms with Crippen LogP contribution in [0.1, 0.15) is 6.92 Å². The number of hydrogen-bond acceptors (Lipinski definition) is 3. The molecule has 0 saturated carbocycles. The largest absolute Gasteiger partial charge is 0.384 e. The Balaban J connectivity index is 2.86. The number of nitrogens with zero attached hydrogens (tertiary/aromatic N) is 1. The molecule has 0 aliphatic heterocycles. The number of nitrogens with two attached hydrogens (primary N) is 1. The van der Waals surface area contributed by atoms with E-state index in [1.54, 1.807) is 6.20 Å². The predicted octanol–water partition coefficient (Wildman–Crippen LogP) is 1.86. The van der Waals surface area contributed by atoms with Crippen LogP contribution in [-0.4, -0.2) is 11.5 Å². The second-order valence-corrected chi connectivity index (χ2v) is 2.98. The molecular formula is C7H10BrN3. The minimum Gasteiger partial charge on any atom is -0.384 e. The molecule has 0 unspecified atom stereocenters. The van der Waals surface area contributed by atoms with Crippen LogP contribution < -0.4 is 11.1 Å². The highest BCUT2D eigenvalue weighted by Crippen LogP contribution is 2.19. The Kier molecular flexibility index (Phi) is 2.70. The second kappa shape index (κ2) is 3.57. The molecule has 1 aromatic rings. The topological polar surface area (TPSA) is 50.9 Å². The zero-order chi connectivity index (χ0) is 8.27. The summed E-state index contributed by atoms with van der Waals surface area (Å²) in [5, 5.41) is 3.13. The number of pyridine rings is 1. The molecule has 0 spiro atoms. The van der Waals surface area contributed by atoms with Gasteiger partial charge in [-0.15, -0.1) is 0 Å². The molecule has 1 rings (SSSR count). The molecule has 60 valence electrons. The smallest absolute Gasteiger partial charge is 0.137 e. The van der Waals surface area contributed by atoms with Crippen LogP contribution in [0.2, 0.25) is 0 Å². The molecule has 1 aromatic heterocycles. The number of nitrogen functional groups attached to an aromatic ring is 1. The minimum absolute atomic E-state index is 0.520. The first-order valence-corrected chi connectivity index (χ1v) is 4.18. The summed E-state index contributed by atoms with van der Waals surface area (Å²) in [4.78, 5) is 3.97. The molecule has 0 saturated heterocycles. The molecule has 3 N–H and O–H groups in total. The summed E-state index contributed by atoms with van der Waals surface area (Å²) in [6.07, 6.45) is 1.71. The summed E-state index contributed by atoms with van der Waals surface area (Å²) in [5.74, 6) is 0.520. The second-order valence-electron chi connectivity index (χ2n) is 2.12. The van der Waals surface area contributed by atoms with Gasteiger partial charge in [-0.3, -0.25) is 0 Å². The predicted molar refractivity (Wildman–Crippen MR) is 50.5 cm³/mol. The van der Waals surface area contributed by atoms with E-state index in [1.165, 1.54) is 0 Å². The number of halogens is 1. The zero-order valence-corrected chi connectivity index (χ0v) is 7.85. The lowest BCUT2D eigenvalue weighted by molar-refractivity contribution is 1.19. The van der Waals surface area contributed by atoms with Crippen molar-refractivity contribution in [2.24, 2.45) is 0 Å². The van der Waals surface area contributed by atoms with Gasteiger partial charge in [-0.05, 0) is 28.9 Å². The van der Waals surface area contributed by atoms with Gasteiger partial charge in [0.05, 0.1) is 16.4 Å². The summed E-state index contributed by atoms with van der Waals surface area (Å²) in [5.41, 5.74) is 6.48. The molecule has 0 amide bonds. The first-order chi connectivity index (χ1) is 5.24. The SMILES string of the molecule is CCNc1cnc(N)c(Br)c1. The highest BCUT2D eigenvalue weighted by atomic mass is 79.9. The van der Waals surface area contributed by atoms with Crippen LogP contribution >= 0.6 is 15.9 Å². The molecule has 0 aliphatic rings. The zero-order valence-electron chi connectivity index (χ0n) is 6.26. The van der Waals surface area contributed by atoms with Gasteiger partial charge in [0.1, 0.15) is 5.82 Å². The summed E-state index contributed by atoms with van der Waals surface area (Å²) >= 11 is 3.29. The summed E-state index contributed by atoms with van der Waals surface area (Å²) in [6, 6.07) is 1.91. The van der Waals surface area contributed by atoms with Crippen molar-refractivity contribution in [3.8, 4) is 0 Å². The molecule has 0 radical (unpaired) electrons. The Morgan fingerprint density at radius 3 is 3.00 bits per heavy atom. The van der Waals surface area contributed by atoms with E-state index >= 15 is 0 Å². The monoisotopic (exact) mass is 215 g/mol. The first-order valence-electron chi connectivity index (χ1n) is 3.39. The van der Waals surface area contributed by atoms with Gasteiger partial charge in [0.15, 0.2) is 0 Å². The van der Waals surface area contributed by atoms with E-state index in [9.17, 15) is 0 Å². The Labute approximate surface area is 74.1 Å². The Morgan fingerprint density at radius 1 is 1.73 bits per heavy atom. The van der Waals surface area contributed by atoms with E-state index < -0.39 is 0 Å². The highest BCUT2D eigenvalue weighted by Gasteiger charge is 1.96. The van der Waals surface area contributed by atoms with E-state index in [4.69, 9.17) is 5.73 Å². The number of nitrogens with one attached hydrogen (secondary N) is 1. The van der Waals surface area contributed by atoms with Crippen LogP contribution in [0.25, 0.3) is 0 Å². The fourth-order valence-corrected chi connectivity index (χ4v) is 1.10. The maximum Gasteiger partial charge on any atom is 0.137 e. The van der Waals surface area contributed by atoms with Gasteiger partial charge in [0, 0.05) is 6.54 Å². The number of aromatic nitrogens is 1. The Morgan fingerprint density at radius 2 is 2.45 bits per heavy atom. The van der Waals surface area contributed by atoms with Crippen LogP contribution in [0.4, 0.5) is 11.5 Å². The third-order valence-corrected chi connectivity index (χ3v) is 1.89. The maximum absolute atomic E-state index is 5.50. The van der Waals surface area contributed by atoms with Crippen molar-refractivity contribution in [3.05, 3.63) is 16.7 Å². The van der Waals surface area contributed by atoms with E-state index in [0.717, 1.165) is 16.7 Å². The molecule has 1 heterocycles. The molecular weight excluding hydrogens is 206 g/mol. The van der Waals surface area contributed by atoms with Crippen molar-refractivity contribution in [2.75, 3.05) is 17.6 Å². The fourth-order valence-electron chi connectivity index (χ4n) is 0.749.